The van der Waals surface area contributed by atoms with Crippen LogP contribution in [-0.4, -0.2) is 37.1 Å². The zero-order valence-corrected chi connectivity index (χ0v) is 14.0. The third kappa shape index (κ3) is 2.97. The van der Waals surface area contributed by atoms with Crippen LogP contribution >= 0.6 is 0 Å². The standard InChI is InChI=1S/C16H25N5O2/c1-3-5-10-21-14-13(15(22)18-16(21)23)20(4-2)12(17-14)11-19-8-6-7-9-19/h3-11H2,1-2H3,(H,18,22,23). The molecule has 1 N–H and O–H groups in total. The number of aryl methyl sites for hydroxylation is 2. The van der Waals surface area contributed by atoms with E-state index in [-0.39, 0.29) is 11.2 Å². The molecule has 0 aliphatic carbocycles. The first-order valence-corrected chi connectivity index (χ1v) is 8.60. The van der Waals surface area contributed by atoms with Crippen LogP contribution in [0.5, 0.6) is 0 Å². The Morgan fingerprint density at radius 2 is 1.87 bits per heavy atom. The van der Waals surface area contributed by atoms with Gasteiger partial charge in [0.15, 0.2) is 11.2 Å². The van der Waals surface area contributed by atoms with Gasteiger partial charge in [-0.1, -0.05) is 13.3 Å². The van der Waals surface area contributed by atoms with Crippen molar-refractivity contribution in [3.05, 3.63) is 26.7 Å². The molecule has 1 aliphatic heterocycles. The van der Waals surface area contributed by atoms with E-state index in [2.05, 4.69) is 21.8 Å². The van der Waals surface area contributed by atoms with Gasteiger partial charge in [-0.25, -0.2) is 9.78 Å². The van der Waals surface area contributed by atoms with Gasteiger partial charge in [0.1, 0.15) is 5.82 Å². The predicted octanol–water partition coefficient (Wildman–Crippen LogP) is 1.30. The molecule has 2 aromatic heterocycles. The fraction of sp³-hybridized carbons (Fsp3) is 0.688. The Morgan fingerprint density at radius 3 is 2.52 bits per heavy atom. The Labute approximate surface area is 134 Å². The van der Waals surface area contributed by atoms with Gasteiger partial charge >= 0.3 is 5.69 Å². The van der Waals surface area contributed by atoms with Crippen molar-refractivity contribution in [2.45, 2.75) is 59.2 Å². The number of aromatic nitrogens is 4. The normalized spacial score (nSPS) is 15.7. The fourth-order valence-corrected chi connectivity index (χ4v) is 3.34. The van der Waals surface area contributed by atoms with Crippen molar-refractivity contribution < 1.29 is 0 Å². The maximum Gasteiger partial charge on any atom is 0.330 e. The second kappa shape index (κ2) is 6.70. The molecule has 3 heterocycles. The number of hydrogen-bond donors (Lipinski definition) is 1. The molecule has 3 rings (SSSR count). The van der Waals surface area contributed by atoms with Crippen LogP contribution in [0.2, 0.25) is 0 Å². The molecule has 0 spiro atoms. The monoisotopic (exact) mass is 319 g/mol. The highest BCUT2D eigenvalue weighted by Crippen LogP contribution is 2.16. The molecule has 126 valence electrons. The van der Waals surface area contributed by atoms with Crippen LogP contribution in [0.1, 0.15) is 45.4 Å². The molecular formula is C16H25N5O2. The molecule has 7 nitrogen and oxygen atoms in total. The summed E-state index contributed by atoms with van der Waals surface area (Å²) in [4.78, 5) is 34.0. The summed E-state index contributed by atoms with van der Waals surface area (Å²) in [6.45, 7) is 8.25. The lowest BCUT2D eigenvalue weighted by molar-refractivity contribution is 0.317. The first-order valence-electron chi connectivity index (χ1n) is 8.60. The summed E-state index contributed by atoms with van der Waals surface area (Å²) in [7, 11) is 0. The van der Waals surface area contributed by atoms with Gasteiger partial charge in [-0.15, -0.1) is 0 Å². The summed E-state index contributed by atoms with van der Waals surface area (Å²) in [6.07, 6.45) is 4.31. The highest BCUT2D eigenvalue weighted by molar-refractivity contribution is 5.70. The molecule has 0 bridgehead atoms. The van der Waals surface area contributed by atoms with E-state index < -0.39 is 0 Å². The number of rotatable bonds is 6. The number of aromatic amines is 1. The lowest BCUT2D eigenvalue weighted by atomic mass is 10.3. The second-order valence-corrected chi connectivity index (χ2v) is 6.19. The summed E-state index contributed by atoms with van der Waals surface area (Å²) in [5.74, 6) is 0.880. The molecule has 23 heavy (non-hydrogen) atoms. The van der Waals surface area contributed by atoms with Gasteiger partial charge in [-0.3, -0.25) is 19.2 Å². The van der Waals surface area contributed by atoms with Crippen molar-refractivity contribution in [2.75, 3.05) is 13.1 Å². The molecule has 0 unspecified atom stereocenters. The quantitative estimate of drug-likeness (QED) is 0.871. The third-order valence-electron chi connectivity index (χ3n) is 4.58. The molecule has 0 saturated carbocycles. The van der Waals surface area contributed by atoms with Crippen molar-refractivity contribution >= 4 is 11.2 Å². The minimum atomic E-state index is -0.357. The summed E-state index contributed by atoms with van der Waals surface area (Å²) >= 11 is 0. The second-order valence-electron chi connectivity index (χ2n) is 6.19. The Morgan fingerprint density at radius 1 is 1.13 bits per heavy atom. The maximum absolute atomic E-state index is 12.3. The van der Waals surface area contributed by atoms with Crippen molar-refractivity contribution in [3.8, 4) is 0 Å². The summed E-state index contributed by atoms with van der Waals surface area (Å²) in [5, 5.41) is 0. The van der Waals surface area contributed by atoms with E-state index in [0.717, 1.165) is 38.3 Å². The van der Waals surface area contributed by atoms with Crippen LogP contribution in [0.15, 0.2) is 9.59 Å². The number of fused-ring (bicyclic) bond motifs is 1. The van der Waals surface area contributed by atoms with Crippen molar-refractivity contribution in [1.29, 1.82) is 0 Å². The average Bonchev–Trinajstić information content (AvgIpc) is 3.15. The first kappa shape index (κ1) is 16.0. The van der Waals surface area contributed by atoms with E-state index in [1.807, 2.05) is 11.5 Å². The smallest absolute Gasteiger partial charge is 0.321 e. The highest BCUT2D eigenvalue weighted by atomic mass is 16.2. The van der Waals surface area contributed by atoms with Gasteiger partial charge in [0.2, 0.25) is 0 Å². The molecule has 0 aromatic carbocycles. The topological polar surface area (TPSA) is 75.9 Å². The van der Waals surface area contributed by atoms with Crippen molar-refractivity contribution in [3.63, 3.8) is 0 Å². The molecule has 1 fully saturated rings. The van der Waals surface area contributed by atoms with Crippen LogP contribution in [0.4, 0.5) is 0 Å². The van der Waals surface area contributed by atoms with Crippen LogP contribution < -0.4 is 11.2 Å². The van der Waals surface area contributed by atoms with Crippen LogP contribution in [0.3, 0.4) is 0 Å². The van der Waals surface area contributed by atoms with Crippen LogP contribution in [0, 0.1) is 0 Å². The zero-order valence-electron chi connectivity index (χ0n) is 14.0. The largest absolute Gasteiger partial charge is 0.330 e. The number of unbranched alkanes of at least 4 members (excludes halogenated alkanes) is 1. The van der Waals surface area contributed by atoms with Gasteiger partial charge < -0.3 is 4.57 Å². The SMILES string of the molecule is CCCCn1c(=O)[nH]c(=O)c2c1nc(CN1CCCC1)n2CC. The molecule has 1 aliphatic rings. The van der Waals surface area contributed by atoms with Gasteiger partial charge in [0, 0.05) is 13.1 Å². The third-order valence-corrected chi connectivity index (χ3v) is 4.58. The molecule has 1 saturated heterocycles. The molecular weight excluding hydrogens is 294 g/mol. The summed E-state index contributed by atoms with van der Waals surface area (Å²) in [5.41, 5.74) is 0.366. The van der Waals surface area contributed by atoms with E-state index in [1.54, 1.807) is 4.57 Å². The minimum Gasteiger partial charge on any atom is -0.321 e. The maximum atomic E-state index is 12.3. The fourth-order valence-electron chi connectivity index (χ4n) is 3.34. The van der Waals surface area contributed by atoms with E-state index in [9.17, 15) is 9.59 Å². The van der Waals surface area contributed by atoms with Gasteiger partial charge in [0.05, 0.1) is 6.54 Å². The van der Waals surface area contributed by atoms with E-state index >= 15 is 0 Å². The molecule has 2 aromatic rings. The van der Waals surface area contributed by atoms with Crippen LogP contribution in [-0.2, 0) is 19.6 Å². The van der Waals surface area contributed by atoms with E-state index in [4.69, 9.17) is 0 Å². The van der Waals surface area contributed by atoms with Gasteiger partial charge in [0.25, 0.3) is 5.56 Å². The summed E-state index contributed by atoms with van der Waals surface area (Å²) < 4.78 is 3.56. The number of hydrogen-bond acceptors (Lipinski definition) is 4. The summed E-state index contributed by atoms with van der Waals surface area (Å²) in [6, 6.07) is 0. The number of likely N-dealkylation sites (tertiary alicyclic amines) is 1. The molecule has 0 radical (unpaired) electrons. The predicted molar refractivity (Wildman–Crippen MR) is 89.7 cm³/mol. The van der Waals surface area contributed by atoms with Gasteiger partial charge in [-0.05, 0) is 39.3 Å². The zero-order chi connectivity index (χ0) is 16.4. The average molecular weight is 319 g/mol. The van der Waals surface area contributed by atoms with Crippen molar-refractivity contribution in [1.82, 2.24) is 24.0 Å². The lowest BCUT2D eigenvalue weighted by Gasteiger charge is -2.14. The van der Waals surface area contributed by atoms with E-state index in [0.29, 0.717) is 24.3 Å². The van der Waals surface area contributed by atoms with Gasteiger partial charge in [-0.2, -0.15) is 0 Å². The first-order chi connectivity index (χ1) is 11.2. The highest BCUT2D eigenvalue weighted by Gasteiger charge is 2.20. The Kier molecular flexibility index (Phi) is 4.66. The lowest BCUT2D eigenvalue weighted by Crippen LogP contribution is -2.31. The minimum absolute atomic E-state index is 0.334. The Bertz CT molecular complexity index is 795. The molecule has 7 heteroatoms. The Balaban J connectivity index is 2.12. The molecule has 0 atom stereocenters. The van der Waals surface area contributed by atoms with Crippen LogP contribution in [0.25, 0.3) is 11.2 Å². The molecule has 0 amide bonds. The van der Waals surface area contributed by atoms with E-state index in [1.165, 1.54) is 12.8 Å². The number of imidazole rings is 1. The number of nitrogens with one attached hydrogen (secondary N) is 1. The van der Waals surface area contributed by atoms with Crippen molar-refractivity contribution in [2.24, 2.45) is 0 Å². The number of nitrogens with zero attached hydrogens (tertiary/aromatic N) is 4. The number of H-pyrrole nitrogens is 1. The Hall–Kier alpha value is -1.89.